The maximum atomic E-state index is 10.9. The first-order valence-electron chi connectivity index (χ1n) is 5.92. The number of carbonyl (C=O) groups is 1. The fourth-order valence-corrected chi connectivity index (χ4v) is 1.72. The van der Waals surface area contributed by atoms with Crippen molar-refractivity contribution in [2.24, 2.45) is 5.41 Å². The average molecular weight is 282 g/mol. The van der Waals surface area contributed by atoms with Gasteiger partial charge in [0.25, 0.3) is 0 Å². The summed E-state index contributed by atoms with van der Waals surface area (Å²) in [4.78, 5) is 10.9. The summed E-state index contributed by atoms with van der Waals surface area (Å²) in [6.07, 6.45) is 1.45. The summed E-state index contributed by atoms with van der Waals surface area (Å²) < 4.78 is 5.46. The van der Waals surface area contributed by atoms with Crippen molar-refractivity contribution >= 4 is 17.6 Å². The van der Waals surface area contributed by atoms with E-state index in [4.69, 9.17) is 26.7 Å². The predicted molar refractivity (Wildman–Crippen MR) is 72.5 cm³/mol. The smallest absolute Gasteiger partial charge is 0.337 e. The average Bonchev–Trinajstić information content (AvgIpc) is 2.36. The van der Waals surface area contributed by atoms with Crippen molar-refractivity contribution < 1.29 is 14.6 Å². The van der Waals surface area contributed by atoms with E-state index >= 15 is 0 Å². The summed E-state index contributed by atoms with van der Waals surface area (Å²) in [7, 11) is 0. The standard InChI is InChI=1S/C14H16ClNO3/c1-14(2,9-16)6-3-7-19-10-4-5-12(15)11(8-10)13(17)18/h4-5,8H,3,6-7H2,1-2H3,(H,17,18). The van der Waals surface area contributed by atoms with Gasteiger partial charge in [0.15, 0.2) is 0 Å². The molecule has 1 N–H and O–H groups in total. The lowest BCUT2D eigenvalue weighted by molar-refractivity contribution is 0.0696. The van der Waals surface area contributed by atoms with E-state index in [1.165, 1.54) is 12.1 Å². The molecule has 0 saturated heterocycles. The van der Waals surface area contributed by atoms with Gasteiger partial charge in [-0.3, -0.25) is 0 Å². The maximum absolute atomic E-state index is 10.9. The first-order valence-corrected chi connectivity index (χ1v) is 6.30. The number of rotatable bonds is 6. The van der Waals surface area contributed by atoms with Gasteiger partial charge < -0.3 is 9.84 Å². The lowest BCUT2D eigenvalue weighted by Gasteiger charge is -2.14. The summed E-state index contributed by atoms with van der Waals surface area (Å²) >= 11 is 5.76. The Morgan fingerprint density at radius 3 is 2.79 bits per heavy atom. The molecule has 0 atom stereocenters. The van der Waals surface area contributed by atoms with Gasteiger partial charge in [-0.1, -0.05) is 11.6 Å². The van der Waals surface area contributed by atoms with Crippen LogP contribution in [-0.4, -0.2) is 17.7 Å². The fourth-order valence-electron chi connectivity index (χ4n) is 1.52. The number of ether oxygens (including phenoxy) is 1. The Kier molecular flexibility index (Phi) is 5.20. The van der Waals surface area contributed by atoms with Gasteiger partial charge in [0.05, 0.1) is 28.7 Å². The minimum atomic E-state index is -1.08. The summed E-state index contributed by atoms with van der Waals surface area (Å²) in [5, 5.41) is 18.0. The highest BCUT2D eigenvalue weighted by Gasteiger charge is 2.16. The van der Waals surface area contributed by atoms with Crippen molar-refractivity contribution in [3.05, 3.63) is 28.8 Å². The Morgan fingerprint density at radius 1 is 1.53 bits per heavy atom. The van der Waals surface area contributed by atoms with Crippen LogP contribution in [0.15, 0.2) is 18.2 Å². The van der Waals surface area contributed by atoms with E-state index in [1.54, 1.807) is 6.07 Å². The molecule has 102 valence electrons. The van der Waals surface area contributed by atoms with Gasteiger partial charge in [0, 0.05) is 0 Å². The second-order valence-electron chi connectivity index (χ2n) is 4.89. The molecule has 0 amide bonds. The molecule has 1 rings (SSSR count). The zero-order valence-electron chi connectivity index (χ0n) is 10.9. The lowest BCUT2D eigenvalue weighted by atomic mass is 9.90. The third-order valence-corrected chi connectivity index (χ3v) is 3.02. The van der Waals surface area contributed by atoms with E-state index in [-0.39, 0.29) is 16.0 Å². The number of benzene rings is 1. The molecule has 1 aromatic carbocycles. The van der Waals surface area contributed by atoms with Gasteiger partial charge in [-0.15, -0.1) is 0 Å². The molecule has 0 radical (unpaired) electrons. The quantitative estimate of drug-likeness (QED) is 0.806. The number of carboxylic acid groups (broad SMARTS) is 1. The minimum Gasteiger partial charge on any atom is -0.494 e. The van der Waals surface area contributed by atoms with Crippen molar-refractivity contribution in [3.8, 4) is 11.8 Å². The Labute approximate surface area is 117 Å². The van der Waals surface area contributed by atoms with Crippen LogP contribution in [0.2, 0.25) is 5.02 Å². The molecular formula is C14H16ClNO3. The van der Waals surface area contributed by atoms with Gasteiger partial charge in [-0.05, 0) is 44.9 Å². The topological polar surface area (TPSA) is 70.3 Å². The molecule has 0 unspecified atom stereocenters. The molecule has 4 nitrogen and oxygen atoms in total. The monoisotopic (exact) mass is 281 g/mol. The van der Waals surface area contributed by atoms with Crippen molar-refractivity contribution in [2.75, 3.05) is 6.61 Å². The van der Waals surface area contributed by atoms with Crippen LogP contribution in [0.25, 0.3) is 0 Å². The normalized spacial score (nSPS) is 10.8. The summed E-state index contributed by atoms with van der Waals surface area (Å²) in [6.45, 7) is 4.18. The number of aromatic carboxylic acids is 1. The zero-order valence-corrected chi connectivity index (χ0v) is 11.7. The largest absolute Gasteiger partial charge is 0.494 e. The van der Waals surface area contributed by atoms with Crippen molar-refractivity contribution in [2.45, 2.75) is 26.7 Å². The summed E-state index contributed by atoms with van der Waals surface area (Å²) in [5.41, 5.74) is -0.341. The van der Waals surface area contributed by atoms with Crippen molar-refractivity contribution in [1.29, 1.82) is 5.26 Å². The summed E-state index contributed by atoms with van der Waals surface area (Å²) in [6, 6.07) is 6.75. The highest BCUT2D eigenvalue weighted by atomic mass is 35.5. The van der Waals surface area contributed by atoms with E-state index in [0.717, 1.165) is 12.8 Å². The lowest BCUT2D eigenvalue weighted by Crippen LogP contribution is -2.10. The second-order valence-corrected chi connectivity index (χ2v) is 5.30. The van der Waals surface area contributed by atoms with Crippen LogP contribution in [-0.2, 0) is 0 Å². The Balaban J connectivity index is 2.53. The van der Waals surface area contributed by atoms with E-state index in [1.807, 2.05) is 13.8 Å². The number of nitrogens with zero attached hydrogens (tertiary/aromatic N) is 1. The molecule has 0 aromatic heterocycles. The second kappa shape index (κ2) is 6.44. The van der Waals surface area contributed by atoms with Crippen LogP contribution < -0.4 is 4.74 Å². The molecule has 5 heteroatoms. The van der Waals surface area contributed by atoms with E-state index in [2.05, 4.69) is 6.07 Å². The third-order valence-electron chi connectivity index (χ3n) is 2.69. The van der Waals surface area contributed by atoms with Crippen LogP contribution in [0, 0.1) is 16.7 Å². The number of hydrogen-bond acceptors (Lipinski definition) is 3. The van der Waals surface area contributed by atoms with Crippen molar-refractivity contribution in [1.82, 2.24) is 0 Å². The molecule has 0 saturated carbocycles. The molecule has 0 aliphatic rings. The highest BCUT2D eigenvalue weighted by molar-refractivity contribution is 6.33. The molecule has 0 bridgehead atoms. The van der Waals surface area contributed by atoms with Gasteiger partial charge in [0.1, 0.15) is 5.75 Å². The first-order chi connectivity index (χ1) is 8.85. The van der Waals surface area contributed by atoms with Gasteiger partial charge in [-0.2, -0.15) is 5.26 Å². The Hall–Kier alpha value is -1.73. The number of halogens is 1. The van der Waals surface area contributed by atoms with E-state index in [9.17, 15) is 4.79 Å². The Morgan fingerprint density at radius 2 is 2.21 bits per heavy atom. The van der Waals surface area contributed by atoms with Gasteiger partial charge >= 0.3 is 5.97 Å². The molecule has 0 aliphatic carbocycles. The molecule has 0 spiro atoms. The molecule has 0 fully saturated rings. The highest BCUT2D eigenvalue weighted by Crippen LogP contribution is 2.24. The van der Waals surface area contributed by atoms with Crippen LogP contribution >= 0.6 is 11.6 Å². The third kappa shape index (κ3) is 4.80. The van der Waals surface area contributed by atoms with Crippen LogP contribution in [0.4, 0.5) is 0 Å². The molecule has 19 heavy (non-hydrogen) atoms. The molecule has 0 heterocycles. The van der Waals surface area contributed by atoms with Gasteiger partial charge in [-0.25, -0.2) is 4.79 Å². The molecule has 0 aliphatic heterocycles. The molecular weight excluding hydrogens is 266 g/mol. The maximum Gasteiger partial charge on any atom is 0.337 e. The van der Waals surface area contributed by atoms with Crippen LogP contribution in [0.3, 0.4) is 0 Å². The fraction of sp³-hybridized carbons (Fsp3) is 0.429. The number of hydrogen-bond donors (Lipinski definition) is 1. The summed E-state index contributed by atoms with van der Waals surface area (Å²) in [5.74, 6) is -0.613. The Bertz CT molecular complexity index is 506. The number of carboxylic acids is 1. The van der Waals surface area contributed by atoms with Gasteiger partial charge in [0.2, 0.25) is 0 Å². The van der Waals surface area contributed by atoms with E-state index in [0.29, 0.717) is 12.4 Å². The van der Waals surface area contributed by atoms with E-state index < -0.39 is 5.97 Å². The predicted octanol–water partition coefficient (Wildman–Crippen LogP) is 3.75. The van der Waals surface area contributed by atoms with Crippen molar-refractivity contribution in [3.63, 3.8) is 0 Å². The molecule has 1 aromatic rings. The SMILES string of the molecule is CC(C)(C#N)CCCOc1ccc(Cl)c(C(=O)O)c1. The van der Waals surface area contributed by atoms with Crippen LogP contribution in [0.5, 0.6) is 5.75 Å². The first kappa shape index (κ1) is 15.3. The minimum absolute atomic E-state index is 0.0246. The van der Waals surface area contributed by atoms with Crippen LogP contribution in [0.1, 0.15) is 37.0 Å². The number of nitriles is 1. The zero-order chi connectivity index (χ0) is 14.5.